The van der Waals surface area contributed by atoms with Gasteiger partial charge in [-0.2, -0.15) is 0 Å². The summed E-state index contributed by atoms with van der Waals surface area (Å²) < 4.78 is 46.6. The number of pyridine rings is 1. The number of sulfonamides is 1. The summed E-state index contributed by atoms with van der Waals surface area (Å²) in [6.45, 7) is 5.17. The lowest BCUT2D eigenvalue weighted by molar-refractivity contribution is -0.141. The van der Waals surface area contributed by atoms with E-state index in [-0.39, 0.29) is 19.4 Å². The van der Waals surface area contributed by atoms with Crippen LogP contribution in [-0.4, -0.2) is 83.2 Å². The molecule has 2 saturated carbocycles. The molecule has 8 rings (SSSR count). The molecule has 0 spiro atoms. The standard InChI is InChI=1S/C41H47N5O9S/c1-40(2,3)55-39(50)43-30-17-8-6-4-5-7-13-24-22-41(24,38(49)45-56(51,52)26-19-20-26)44-36(47)31-21-25(23-46(31)37(30)48)53-34-27-14-9-11-16-29(27)42-33-28-15-10-12-18-32(28)54-35(33)34/h7,9-16,18,24-26,30-31H,4-6,8,17,19-23H2,1-3H3,(H,43,50)(H,44,47)(H,45,49)/b13-7-/t24-,25+,30-,31-,41+/m0/s1. The number of benzene rings is 2. The fourth-order valence-corrected chi connectivity index (χ4v) is 9.25. The third-order valence-corrected chi connectivity index (χ3v) is 12.8. The number of alkyl carbamates (subject to hydrolysis) is 1. The molecule has 15 heteroatoms. The molecule has 0 radical (unpaired) electrons. The van der Waals surface area contributed by atoms with Gasteiger partial charge in [0.2, 0.25) is 21.8 Å². The van der Waals surface area contributed by atoms with Crippen molar-refractivity contribution in [1.29, 1.82) is 0 Å². The summed E-state index contributed by atoms with van der Waals surface area (Å²) >= 11 is 0. The van der Waals surface area contributed by atoms with Crippen molar-refractivity contribution < 1.29 is 41.5 Å². The number of furan rings is 1. The van der Waals surface area contributed by atoms with Gasteiger partial charge in [0.1, 0.15) is 40.4 Å². The average Bonchev–Trinajstić information content (AvgIpc) is 4.04. The molecule has 2 aliphatic carbocycles. The Kier molecular flexibility index (Phi) is 9.70. The number of allylic oxidation sites excluding steroid dienone is 1. The first kappa shape index (κ1) is 37.7. The van der Waals surface area contributed by atoms with Gasteiger partial charge in [0, 0.05) is 23.1 Å². The Morgan fingerprint density at radius 1 is 1.00 bits per heavy atom. The molecule has 0 unspecified atom stereocenters. The van der Waals surface area contributed by atoms with E-state index in [0.29, 0.717) is 65.4 Å². The zero-order valence-electron chi connectivity index (χ0n) is 31.7. The minimum atomic E-state index is -3.90. The van der Waals surface area contributed by atoms with E-state index >= 15 is 0 Å². The van der Waals surface area contributed by atoms with Crippen molar-refractivity contribution in [2.24, 2.45) is 5.92 Å². The van der Waals surface area contributed by atoms with Crippen LogP contribution in [0, 0.1) is 5.92 Å². The Balaban J connectivity index is 1.15. The molecule has 3 N–H and O–H groups in total. The van der Waals surface area contributed by atoms with E-state index in [0.717, 1.165) is 18.2 Å². The fraction of sp³-hybridized carbons (Fsp3) is 0.488. The van der Waals surface area contributed by atoms with Crippen LogP contribution in [0.25, 0.3) is 33.0 Å². The second kappa shape index (κ2) is 14.4. The fourth-order valence-electron chi connectivity index (χ4n) is 7.88. The number of ether oxygens (including phenoxy) is 2. The van der Waals surface area contributed by atoms with Crippen LogP contribution in [0.3, 0.4) is 0 Å². The van der Waals surface area contributed by atoms with Crippen molar-refractivity contribution in [1.82, 2.24) is 25.2 Å². The van der Waals surface area contributed by atoms with Gasteiger partial charge in [-0.25, -0.2) is 18.2 Å². The van der Waals surface area contributed by atoms with Crippen LogP contribution < -0.4 is 20.1 Å². The van der Waals surface area contributed by atoms with Gasteiger partial charge in [-0.1, -0.05) is 49.3 Å². The minimum Gasteiger partial charge on any atom is -0.484 e. The van der Waals surface area contributed by atoms with Gasteiger partial charge in [-0.3, -0.25) is 19.1 Å². The zero-order chi connectivity index (χ0) is 39.4. The molecule has 0 bridgehead atoms. The molecule has 2 aromatic heterocycles. The van der Waals surface area contributed by atoms with Crippen LogP contribution in [0.15, 0.2) is 65.1 Å². The van der Waals surface area contributed by atoms with Crippen LogP contribution >= 0.6 is 0 Å². The number of hydrogen-bond acceptors (Lipinski definition) is 10. The summed E-state index contributed by atoms with van der Waals surface area (Å²) in [6, 6.07) is 12.9. The van der Waals surface area contributed by atoms with E-state index in [4.69, 9.17) is 18.9 Å². The van der Waals surface area contributed by atoms with E-state index in [1.165, 1.54) is 4.90 Å². The summed E-state index contributed by atoms with van der Waals surface area (Å²) in [5.41, 5.74) is 0.00659. The first-order chi connectivity index (χ1) is 26.7. The summed E-state index contributed by atoms with van der Waals surface area (Å²) in [7, 11) is -3.90. The van der Waals surface area contributed by atoms with Gasteiger partial charge in [-0.05, 0) is 83.6 Å². The van der Waals surface area contributed by atoms with Crippen LogP contribution in [0.4, 0.5) is 4.79 Å². The highest BCUT2D eigenvalue weighted by atomic mass is 32.2. The van der Waals surface area contributed by atoms with Gasteiger partial charge in [-0.15, -0.1) is 0 Å². The van der Waals surface area contributed by atoms with Crippen molar-refractivity contribution in [3.05, 3.63) is 60.7 Å². The number of carbonyl (C=O) groups is 4. The first-order valence-corrected chi connectivity index (χ1v) is 21.0. The molecule has 4 aliphatic rings. The van der Waals surface area contributed by atoms with Crippen LogP contribution in [0.1, 0.15) is 78.6 Å². The highest BCUT2D eigenvalue weighted by Gasteiger charge is 2.62. The smallest absolute Gasteiger partial charge is 0.408 e. The lowest BCUT2D eigenvalue weighted by Gasteiger charge is -2.30. The quantitative estimate of drug-likeness (QED) is 0.215. The molecule has 4 heterocycles. The molecule has 4 aromatic rings. The van der Waals surface area contributed by atoms with Gasteiger partial charge in [0.05, 0.1) is 17.3 Å². The summed E-state index contributed by atoms with van der Waals surface area (Å²) in [5, 5.41) is 6.53. The first-order valence-electron chi connectivity index (χ1n) is 19.4. The Morgan fingerprint density at radius 3 is 2.52 bits per heavy atom. The number of rotatable bonds is 6. The third-order valence-electron chi connectivity index (χ3n) is 11.0. The lowest BCUT2D eigenvalue weighted by atomic mass is 10.0. The number of hydrogen-bond donors (Lipinski definition) is 3. The van der Waals surface area contributed by atoms with E-state index < -0.39 is 74.3 Å². The molecular weight excluding hydrogens is 739 g/mol. The van der Waals surface area contributed by atoms with Gasteiger partial charge in [0.25, 0.3) is 5.91 Å². The van der Waals surface area contributed by atoms with Gasteiger partial charge >= 0.3 is 6.09 Å². The largest absolute Gasteiger partial charge is 0.484 e. The maximum absolute atomic E-state index is 14.6. The predicted molar refractivity (Wildman–Crippen MR) is 208 cm³/mol. The van der Waals surface area contributed by atoms with Crippen molar-refractivity contribution >= 4 is 66.8 Å². The molecule has 2 aliphatic heterocycles. The van der Waals surface area contributed by atoms with Crippen LogP contribution in [0.5, 0.6) is 5.75 Å². The number of nitrogens with one attached hydrogen (secondary N) is 3. The normalized spacial score (nSPS) is 26.7. The van der Waals surface area contributed by atoms with Crippen molar-refractivity contribution in [2.45, 2.75) is 113 Å². The van der Waals surface area contributed by atoms with Crippen molar-refractivity contribution in [2.75, 3.05) is 6.54 Å². The van der Waals surface area contributed by atoms with Crippen LogP contribution in [0.2, 0.25) is 0 Å². The molecule has 4 amide bonds. The highest BCUT2D eigenvalue weighted by Crippen LogP contribution is 2.46. The second-order valence-corrected chi connectivity index (χ2v) is 18.4. The third kappa shape index (κ3) is 7.52. The van der Waals surface area contributed by atoms with E-state index in [2.05, 4.69) is 15.4 Å². The molecule has 296 valence electrons. The number of amides is 4. The maximum Gasteiger partial charge on any atom is 0.408 e. The average molecular weight is 786 g/mol. The Bertz CT molecular complexity index is 2360. The molecule has 1 saturated heterocycles. The molecule has 56 heavy (non-hydrogen) atoms. The van der Waals surface area contributed by atoms with E-state index in [1.807, 2.05) is 60.7 Å². The maximum atomic E-state index is 14.6. The number of aromatic nitrogens is 1. The Morgan fingerprint density at radius 2 is 1.75 bits per heavy atom. The molecule has 2 aromatic carbocycles. The Hall–Kier alpha value is -5.18. The van der Waals surface area contributed by atoms with E-state index in [1.54, 1.807) is 20.8 Å². The summed E-state index contributed by atoms with van der Waals surface area (Å²) in [5.74, 6) is -1.93. The molecular formula is C41H47N5O9S. The molecule has 5 atom stereocenters. The number of para-hydroxylation sites is 2. The highest BCUT2D eigenvalue weighted by molar-refractivity contribution is 7.91. The van der Waals surface area contributed by atoms with Gasteiger partial charge in [0.15, 0.2) is 11.3 Å². The lowest BCUT2D eigenvalue weighted by Crippen LogP contribution is -2.58. The Labute approximate surface area is 324 Å². The molecule has 3 fully saturated rings. The van der Waals surface area contributed by atoms with Crippen LogP contribution in [-0.2, 0) is 29.1 Å². The number of fused-ring (bicyclic) bond motifs is 6. The topological polar surface area (TPSA) is 186 Å². The number of carbonyl (C=O) groups excluding carboxylic acids is 4. The monoisotopic (exact) mass is 785 g/mol. The summed E-state index contributed by atoms with van der Waals surface area (Å²) in [6.07, 6.45) is 6.68. The predicted octanol–water partition coefficient (Wildman–Crippen LogP) is 5.38. The zero-order valence-corrected chi connectivity index (χ0v) is 32.5. The molecule has 14 nitrogen and oxygen atoms in total. The number of nitrogens with zero attached hydrogens (tertiary/aromatic N) is 2. The van der Waals surface area contributed by atoms with Crippen molar-refractivity contribution in [3.63, 3.8) is 0 Å². The minimum absolute atomic E-state index is 0.0274. The van der Waals surface area contributed by atoms with Crippen molar-refractivity contribution in [3.8, 4) is 5.75 Å². The van der Waals surface area contributed by atoms with E-state index in [9.17, 15) is 27.6 Å². The summed E-state index contributed by atoms with van der Waals surface area (Å²) in [4.78, 5) is 62.4. The SMILES string of the molecule is CC(C)(C)OC(=O)N[C@H]1CCCCC/C=C\[C@H]2C[C@@]2(C(=O)NS(=O)(=O)C2CC2)NC(=O)[C@@H]2C[C@@H](Oc3c4ccccc4nc4c3oc3ccccc34)CN2C1=O. The second-order valence-electron chi connectivity index (χ2n) is 16.4. The van der Waals surface area contributed by atoms with Gasteiger partial charge < -0.3 is 29.4 Å².